The van der Waals surface area contributed by atoms with E-state index in [1.807, 2.05) is 12.4 Å². The molecule has 1 aromatic heterocycles. The average Bonchev–Trinajstić information content (AvgIpc) is 3.12. The van der Waals surface area contributed by atoms with Gasteiger partial charge in [0.05, 0.1) is 12.2 Å². The molecule has 3 heteroatoms. The molecule has 2 atom stereocenters. The molecule has 0 radical (unpaired) electrons. The van der Waals surface area contributed by atoms with Gasteiger partial charge in [0.1, 0.15) is 0 Å². The van der Waals surface area contributed by atoms with E-state index in [1.54, 1.807) is 0 Å². The molecule has 0 N–H and O–H groups in total. The van der Waals surface area contributed by atoms with Crippen molar-refractivity contribution in [3.05, 3.63) is 24.0 Å². The first-order valence-corrected chi connectivity index (χ1v) is 6.55. The van der Waals surface area contributed by atoms with E-state index < -0.39 is 0 Å². The lowest BCUT2D eigenvalue weighted by atomic mass is 10.1. The summed E-state index contributed by atoms with van der Waals surface area (Å²) < 4.78 is 6.04. The highest BCUT2D eigenvalue weighted by Crippen LogP contribution is 2.37. The normalized spacial score (nSPS) is 29.4. The van der Waals surface area contributed by atoms with Gasteiger partial charge < -0.3 is 9.64 Å². The van der Waals surface area contributed by atoms with E-state index in [9.17, 15) is 0 Å². The van der Waals surface area contributed by atoms with Gasteiger partial charge in [-0.3, -0.25) is 4.98 Å². The van der Waals surface area contributed by atoms with Crippen molar-refractivity contribution in [3.8, 4) is 0 Å². The van der Waals surface area contributed by atoms with Crippen LogP contribution in [0.25, 0.3) is 0 Å². The summed E-state index contributed by atoms with van der Waals surface area (Å²) in [6, 6.07) is 2.12. The fourth-order valence-electron chi connectivity index (χ4n) is 2.73. The number of nitrogens with zero attached hydrogens (tertiary/aromatic N) is 2. The number of morpholine rings is 1. The van der Waals surface area contributed by atoms with Crippen molar-refractivity contribution in [3.63, 3.8) is 0 Å². The van der Waals surface area contributed by atoms with Crippen LogP contribution in [0.3, 0.4) is 0 Å². The van der Waals surface area contributed by atoms with Crippen LogP contribution in [-0.2, 0) is 4.74 Å². The van der Waals surface area contributed by atoms with E-state index in [4.69, 9.17) is 4.74 Å². The summed E-state index contributed by atoms with van der Waals surface area (Å²) in [6.45, 7) is 6.35. The Morgan fingerprint density at radius 1 is 1.35 bits per heavy atom. The third-order valence-electron chi connectivity index (χ3n) is 3.76. The molecule has 1 aromatic rings. The number of anilines is 1. The summed E-state index contributed by atoms with van der Waals surface area (Å²) in [5, 5.41) is 0. The van der Waals surface area contributed by atoms with Gasteiger partial charge in [0.2, 0.25) is 0 Å². The maximum absolute atomic E-state index is 6.04. The largest absolute Gasteiger partial charge is 0.371 e. The second-order valence-electron chi connectivity index (χ2n) is 5.39. The number of aryl methyl sites for hydroxylation is 1. The molecule has 1 saturated carbocycles. The van der Waals surface area contributed by atoms with Crippen LogP contribution in [0.1, 0.15) is 25.3 Å². The minimum absolute atomic E-state index is 0.335. The lowest BCUT2D eigenvalue weighted by Gasteiger charge is -2.39. The lowest BCUT2D eigenvalue weighted by molar-refractivity contribution is -0.0271. The minimum Gasteiger partial charge on any atom is -0.371 e. The Morgan fingerprint density at radius 3 is 2.88 bits per heavy atom. The minimum atomic E-state index is 0.335. The van der Waals surface area contributed by atoms with Crippen molar-refractivity contribution in [2.24, 2.45) is 5.92 Å². The number of hydrogen-bond donors (Lipinski definition) is 0. The van der Waals surface area contributed by atoms with Gasteiger partial charge in [-0.1, -0.05) is 0 Å². The Bertz CT molecular complexity index is 403. The van der Waals surface area contributed by atoms with E-state index >= 15 is 0 Å². The molecule has 2 fully saturated rings. The summed E-state index contributed by atoms with van der Waals surface area (Å²) in [5.74, 6) is 0.808. The molecule has 1 aliphatic heterocycles. The van der Waals surface area contributed by atoms with Crippen LogP contribution in [0.5, 0.6) is 0 Å². The predicted molar refractivity (Wildman–Crippen MR) is 68.2 cm³/mol. The zero-order valence-corrected chi connectivity index (χ0v) is 10.6. The van der Waals surface area contributed by atoms with Gasteiger partial charge in [-0.2, -0.15) is 0 Å². The van der Waals surface area contributed by atoms with Gasteiger partial charge in [0.15, 0.2) is 0 Å². The first-order chi connectivity index (χ1) is 8.24. The Labute approximate surface area is 103 Å². The fraction of sp³-hybridized carbons (Fsp3) is 0.643. The van der Waals surface area contributed by atoms with Crippen molar-refractivity contribution in [1.82, 2.24) is 4.98 Å². The molecule has 0 spiro atoms. The maximum Gasteiger partial charge on any atom is 0.0782 e. The Balaban J connectivity index is 1.80. The van der Waals surface area contributed by atoms with Crippen molar-refractivity contribution in [2.75, 3.05) is 18.0 Å². The third kappa shape index (κ3) is 2.29. The number of hydrogen-bond acceptors (Lipinski definition) is 3. The highest BCUT2D eigenvalue weighted by molar-refractivity contribution is 5.52. The molecule has 3 rings (SSSR count). The highest BCUT2D eigenvalue weighted by atomic mass is 16.5. The Morgan fingerprint density at radius 2 is 2.18 bits per heavy atom. The summed E-state index contributed by atoms with van der Waals surface area (Å²) in [6.07, 6.45) is 7.30. The fourth-order valence-corrected chi connectivity index (χ4v) is 2.73. The molecule has 2 aliphatic rings. The van der Waals surface area contributed by atoms with E-state index in [2.05, 4.69) is 29.8 Å². The zero-order valence-electron chi connectivity index (χ0n) is 10.6. The van der Waals surface area contributed by atoms with Crippen molar-refractivity contribution >= 4 is 5.69 Å². The molecule has 2 heterocycles. The topological polar surface area (TPSA) is 25.4 Å². The van der Waals surface area contributed by atoms with E-state index in [0.717, 1.165) is 19.0 Å². The molecule has 0 bridgehead atoms. The van der Waals surface area contributed by atoms with Crippen LogP contribution in [-0.4, -0.2) is 30.3 Å². The van der Waals surface area contributed by atoms with Crippen molar-refractivity contribution in [1.29, 1.82) is 0 Å². The standard InChI is InChI=1S/C14H20N2O/c1-10-7-15-6-5-13(10)16-8-11(2)17-14(9-16)12-3-4-12/h5-7,11-12,14H,3-4,8-9H2,1-2H3/t11-,14+/m1/s1. The summed E-state index contributed by atoms with van der Waals surface area (Å²) in [5.41, 5.74) is 2.58. The number of rotatable bonds is 2. The molecule has 0 aromatic carbocycles. The molecule has 1 aliphatic carbocycles. The second-order valence-corrected chi connectivity index (χ2v) is 5.39. The molecule has 0 amide bonds. The van der Waals surface area contributed by atoms with Crippen molar-refractivity contribution < 1.29 is 4.74 Å². The van der Waals surface area contributed by atoms with Crippen LogP contribution < -0.4 is 4.90 Å². The summed E-state index contributed by atoms with van der Waals surface area (Å²) >= 11 is 0. The van der Waals surface area contributed by atoms with Crippen LogP contribution in [0.2, 0.25) is 0 Å². The first kappa shape index (κ1) is 11.0. The number of aromatic nitrogens is 1. The van der Waals surface area contributed by atoms with Crippen LogP contribution in [0.4, 0.5) is 5.69 Å². The quantitative estimate of drug-likeness (QED) is 0.783. The number of pyridine rings is 1. The van der Waals surface area contributed by atoms with Crippen LogP contribution >= 0.6 is 0 Å². The van der Waals surface area contributed by atoms with Gasteiger partial charge in [-0.15, -0.1) is 0 Å². The predicted octanol–water partition coefficient (Wildman–Crippen LogP) is 2.39. The summed E-state index contributed by atoms with van der Waals surface area (Å²) in [7, 11) is 0. The van der Waals surface area contributed by atoms with Gasteiger partial charge in [0.25, 0.3) is 0 Å². The SMILES string of the molecule is Cc1cnccc1N1C[C@@H](C)O[C@H](C2CC2)C1. The van der Waals surface area contributed by atoms with Gasteiger partial charge >= 0.3 is 0 Å². The average molecular weight is 232 g/mol. The van der Waals surface area contributed by atoms with Crippen LogP contribution in [0, 0.1) is 12.8 Å². The van der Waals surface area contributed by atoms with Gasteiger partial charge in [-0.25, -0.2) is 0 Å². The zero-order chi connectivity index (χ0) is 11.8. The maximum atomic E-state index is 6.04. The Kier molecular flexibility index (Phi) is 2.79. The van der Waals surface area contributed by atoms with Crippen LogP contribution in [0.15, 0.2) is 18.5 Å². The molecular weight excluding hydrogens is 212 g/mol. The molecular formula is C14H20N2O. The monoisotopic (exact) mass is 232 g/mol. The lowest BCUT2D eigenvalue weighted by Crippen LogP contribution is -2.47. The van der Waals surface area contributed by atoms with E-state index in [-0.39, 0.29) is 0 Å². The van der Waals surface area contributed by atoms with E-state index in [0.29, 0.717) is 12.2 Å². The third-order valence-corrected chi connectivity index (χ3v) is 3.76. The summed E-state index contributed by atoms with van der Waals surface area (Å²) in [4.78, 5) is 6.63. The molecule has 1 saturated heterocycles. The van der Waals surface area contributed by atoms with Gasteiger partial charge in [-0.05, 0) is 44.2 Å². The second kappa shape index (κ2) is 4.30. The highest BCUT2D eigenvalue weighted by Gasteiger charge is 2.37. The first-order valence-electron chi connectivity index (χ1n) is 6.55. The Hall–Kier alpha value is -1.09. The molecule has 0 unspecified atom stereocenters. The van der Waals surface area contributed by atoms with Gasteiger partial charge in [0, 0.05) is 31.2 Å². The van der Waals surface area contributed by atoms with Crippen molar-refractivity contribution in [2.45, 2.75) is 38.9 Å². The molecule has 92 valence electrons. The van der Waals surface area contributed by atoms with E-state index in [1.165, 1.54) is 24.1 Å². The molecule has 3 nitrogen and oxygen atoms in total. The molecule has 17 heavy (non-hydrogen) atoms. The smallest absolute Gasteiger partial charge is 0.0782 e. The number of ether oxygens (including phenoxy) is 1.